The molecule has 21 heavy (non-hydrogen) atoms. The van der Waals surface area contributed by atoms with Crippen LogP contribution in [-0.4, -0.2) is 4.98 Å². The smallest absolute Gasteiger partial charge is 0.0569 e. The lowest BCUT2D eigenvalue weighted by atomic mass is 9.77. The Balaban J connectivity index is 1.84. The lowest BCUT2D eigenvalue weighted by Gasteiger charge is -2.37. The minimum atomic E-state index is 0.237. The average Bonchev–Trinajstić information content (AvgIpc) is 2.95. The van der Waals surface area contributed by atoms with E-state index in [1.807, 2.05) is 24.4 Å². The van der Waals surface area contributed by atoms with Gasteiger partial charge in [-0.15, -0.1) is 0 Å². The number of nitrogens with zero attached hydrogens (tertiary/aromatic N) is 1. The lowest BCUT2D eigenvalue weighted by molar-refractivity contribution is 0.425. The zero-order valence-electron chi connectivity index (χ0n) is 11.3. The molecule has 2 aliphatic rings. The van der Waals surface area contributed by atoms with Gasteiger partial charge < -0.3 is 5.32 Å². The first-order valence-electron chi connectivity index (χ1n) is 7.06. The summed E-state index contributed by atoms with van der Waals surface area (Å²) in [5, 5.41) is 5.03. The molecular formula is C17H14Cl2N2. The third-order valence-electron chi connectivity index (χ3n) is 4.42. The molecule has 1 aromatic carbocycles. The maximum absolute atomic E-state index is 6.44. The second-order valence-corrected chi connectivity index (χ2v) is 6.45. The summed E-state index contributed by atoms with van der Waals surface area (Å²) in [6, 6.07) is 8.14. The maximum atomic E-state index is 6.44. The zero-order valence-corrected chi connectivity index (χ0v) is 12.8. The lowest BCUT2D eigenvalue weighted by Crippen LogP contribution is -2.29. The molecule has 1 aromatic heterocycles. The molecule has 0 saturated heterocycles. The van der Waals surface area contributed by atoms with Crippen molar-refractivity contribution >= 4 is 28.9 Å². The van der Waals surface area contributed by atoms with E-state index in [1.165, 1.54) is 11.1 Å². The highest BCUT2D eigenvalue weighted by Gasteiger charge is 2.39. The molecule has 2 aromatic rings. The number of nitrogens with one attached hydrogen (secondary N) is 1. The van der Waals surface area contributed by atoms with Gasteiger partial charge in [-0.05, 0) is 36.1 Å². The fourth-order valence-corrected chi connectivity index (χ4v) is 4.15. The second-order valence-electron chi connectivity index (χ2n) is 5.61. The van der Waals surface area contributed by atoms with Crippen LogP contribution in [0, 0.1) is 5.92 Å². The maximum Gasteiger partial charge on any atom is 0.0569 e. The Kier molecular flexibility index (Phi) is 3.16. The highest BCUT2D eigenvalue weighted by atomic mass is 35.5. The zero-order chi connectivity index (χ0) is 14.4. The van der Waals surface area contributed by atoms with Crippen LogP contribution in [-0.2, 0) is 0 Å². The predicted molar refractivity (Wildman–Crippen MR) is 87.1 cm³/mol. The summed E-state index contributed by atoms with van der Waals surface area (Å²) in [7, 11) is 0. The molecule has 0 fully saturated rings. The van der Waals surface area contributed by atoms with Gasteiger partial charge in [0.15, 0.2) is 0 Å². The highest BCUT2D eigenvalue weighted by Crippen LogP contribution is 2.52. The van der Waals surface area contributed by atoms with Crippen molar-refractivity contribution in [1.29, 1.82) is 0 Å². The highest BCUT2D eigenvalue weighted by molar-refractivity contribution is 6.35. The van der Waals surface area contributed by atoms with E-state index in [4.69, 9.17) is 23.2 Å². The Hall–Kier alpha value is -1.51. The van der Waals surface area contributed by atoms with E-state index in [1.54, 1.807) is 6.20 Å². The summed E-state index contributed by atoms with van der Waals surface area (Å²) in [5.74, 6) is 0.816. The van der Waals surface area contributed by atoms with Crippen molar-refractivity contribution in [2.45, 2.75) is 18.4 Å². The van der Waals surface area contributed by atoms with Gasteiger partial charge in [-0.25, -0.2) is 0 Å². The number of aromatic nitrogens is 1. The Labute approximate surface area is 133 Å². The molecule has 0 amide bonds. The van der Waals surface area contributed by atoms with Gasteiger partial charge in [0.05, 0.1) is 6.04 Å². The van der Waals surface area contributed by atoms with E-state index in [-0.39, 0.29) is 6.04 Å². The molecule has 2 heterocycles. The number of rotatable bonds is 1. The normalized spacial score (nSPS) is 26.1. The first-order valence-corrected chi connectivity index (χ1v) is 7.81. The standard InChI is InChI=1S/C17H14Cl2N2/c18-11-7-14(19)16-12-4-1-5-13(12)17(21-15(16)8-11)10-3-2-6-20-9-10/h1-4,6-9,12-13,17,21H,5H2/t12-,13-,17+/m0/s1. The van der Waals surface area contributed by atoms with Gasteiger partial charge >= 0.3 is 0 Å². The van der Waals surface area contributed by atoms with Crippen LogP contribution in [0.1, 0.15) is 29.5 Å². The molecule has 2 nitrogen and oxygen atoms in total. The van der Waals surface area contributed by atoms with Gasteiger partial charge in [0.2, 0.25) is 0 Å². The van der Waals surface area contributed by atoms with Crippen LogP contribution >= 0.6 is 23.2 Å². The summed E-state index contributed by atoms with van der Waals surface area (Å²) >= 11 is 12.6. The summed E-state index contributed by atoms with van der Waals surface area (Å²) in [6.07, 6.45) is 9.31. The molecule has 3 atom stereocenters. The molecule has 0 bridgehead atoms. The molecule has 1 aliphatic carbocycles. The van der Waals surface area contributed by atoms with E-state index in [0.29, 0.717) is 16.9 Å². The third-order valence-corrected chi connectivity index (χ3v) is 4.95. The minimum absolute atomic E-state index is 0.237. The fraction of sp³-hybridized carbons (Fsp3) is 0.235. The van der Waals surface area contributed by atoms with E-state index < -0.39 is 0 Å². The third kappa shape index (κ3) is 2.14. The molecule has 4 heteroatoms. The van der Waals surface area contributed by atoms with Crippen LogP contribution in [0.2, 0.25) is 10.0 Å². The number of pyridine rings is 1. The number of fused-ring (bicyclic) bond motifs is 3. The van der Waals surface area contributed by atoms with E-state index >= 15 is 0 Å². The molecule has 4 rings (SSSR count). The number of anilines is 1. The summed E-state index contributed by atoms with van der Waals surface area (Å²) in [6.45, 7) is 0. The monoisotopic (exact) mass is 316 g/mol. The Bertz CT molecular complexity index is 712. The van der Waals surface area contributed by atoms with Gasteiger partial charge in [0.25, 0.3) is 0 Å². The van der Waals surface area contributed by atoms with Crippen LogP contribution < -0.4 is 5.32 Å². The summed E-state index contributed by atoms with van der Waals surface area (Å²) < 4.78 is 0. The van der Waals surface area contributed by atoms with Crippen LogP contribution in [0.5, 0.6) is 0 Å². The predicted octanol–water partition coefficient (Wildman–Crippen LogP) is 5.21. The SMILES string of the molecule is Clc1cc(Cl)c2c(c1)N[C@H](c1cccnc1)[C@H]1CC=C[C@H]21. The van der Waals surface area contributed by atoms with Crippen molar-refractivity contribution < 1.29 is 0 Å². The summed E-state index contributed by atoms with van der Waals surface area (Å²) in [4.78, 5) is 4.25. The number of hydrogen-bond acceptors (Lipinski definition) is 2. The van der Waals surface area contributed by atoms with Gasteiger partial charge in [-0.3, -0.25) is 4.98 Å². The molecule has 106 valence electrons. The van der Waals surface area contributed by atoms with Crippen molar-refractivity contribution in [1.82, 2.24) is 4.98 Å². The number of hydrogen-bond donors (Lipinski definition) is 1. The van der Waals surface area contributed by atoms with Gasteiger partial charge in [-0.2, -0.15) is 0 Å². The molecule has 0 unspecified atom stereocenters. The Morgan fingerprint density at radius 3 is 2.95 bits per heavy atom. The van der Waals surface area contributed by atoms with Gasteiger partial charge in [0, 0.05) is 39.6 Å². The van der Waals surface area contributed by atoms with E-state index in [0.717, 1.165) is 17.1 Å². The number of benzene rings is 1. The quantitative estimate of drug-likeness (QED) is 0.730. The van der Waals surface area contributed by atoms with Gasteiger partial charge in [0.1, 0.15) is 0 Å². The largest absolute Gasteiger partial charge is 0.378 e. The van der Waals surface area contributed by atoms with Crippen LogP contribution in [0.25, 0.3) is 0 Å². The van der Waals surface area contributed by atoms with Crippen molar-refractivity contribution in [3.05, 3.63) is 70.0 Å². The van der Waals surface area contributed by atoms with E-state index in [2.05, 4.69) is 28.5 Å². The van der Waals surface area contributed by atoms with Crippen LogP contribution in [0.3, 0.4) is 0 Å². The topological polar surface area (TPSA) is 24.9 Å². The summed E-state index contributed by atoms with van der Waals surface area (Å²) in [5.41, 5.74) is 3.41. The molecule has 0 spiro atoms. The van der Waals surface area contributed by atoms with Crippen LogP contribution in [0.15, 0.2) is 48.8 Å². The van der Waals surface area contributed by atoms with Crippen molar-refractivity contribution in [2.24, 2.45) is 5.92 Å². The van der Waals surface area contributed by atoms with Gasteiger partial charge in [-0.1, -0.05) is 41.4 Å². The van der Waals surface area contributed by atoms with Crippen molar-refractivity contribution in [2.75, 3.05) is 5.32 Å². The van der Waals surface area contributed by atoms with Crippen molar-refractivity contribution in [3.63, 3.8) is 0 Å². The fourth-order valence-electron chi connectivity index (χ4n) is 3.53. The average molecular weight is 317 g/mol. The second kappa shape index (κ2) is 5.04. The first-order chi connectivity index (χ1) is 10.2. The van der Waals surface area contributed by atoms with Crippen LogP contribution in [0.4, 0.5) is 5.69 Å². The molecular weight excluding hydrogens is 303 g/mol. The van der Waals surface area contributed by atoms with E-state index in [9.17, 15) is 0 Å². The van der Waals surface area contributed by atoms with Crippen molar-refractivity contribution in [3.8, 4) is 0 Å². The minimum Gasteiger partial charge on any atom is -0.378 e. The molecule has 0 radical (unpaired) electrons. The Morgan fingerprint density at radius 2 is 2.14 bits per heavy atom. The number of halogens is 2. The molecule has 1 aliphatic heterocycles. The molecule has 1 N–H and O–H groups in total. The first kappa shape index (κ1) is 13.2. The number of allylic oxidation sites excluding steroid dienone is 2. The molecule has 0 saturated carbocycles. The Morgan fingerprint density at radius 1 is 1.24 bits per heavy atom.